The molecule has 2 atom stereocenters. The van der Waals surface area contributed by atoms with Crippen molar-refractivity contribution in [3.05, 3.63) is 0 Å². The zero-order valence-electron chi connectivity index (χ0n) is 8.80. The van der Waals surface area contributed by atoms with Crippen LogP contribution < -0.4 is 10.6 Å². The van der Waals surface area contributed by atoms with Gasteiger partial charge >= 0.3 is 0 Å². The van der Waals surface area contributed by atoms with Crippen LogP contribution in [0.4, 0.5) is 0 Å². The highest BCUT2D eigenvalue weighted by Crippen LogP contribution is 2.26. The zero-order chi connectivity index (χ0) is 10.2. The summed E-state index contributed by atoms with van der Waals surface area (Å²) >= 11 is 1.94. The van der Waals surface area contributed by atoms with Crippen molar-refractivity contribution in [3.63, 3.8) is 0 Å². The van der Waals surface area contributed by atoms with Crippen molar-refractivity contribution >= 4 is 17.7 Å². The Morgan fingerprint density at radius 1 is 1.50 bits per heavy atom. The molecule has 0 aromatic heterocycles. The summed E-state index contributed by atoms with van der Waals surface area (Å²) in [5.74, 6) is 3.12. The molecule has 2 unspecified atom stereocenters. The van der Waals surface area contributed by atoms with Gasteiger partial charge in [0.2, 0.25) is 5.91 Å². The van der Waals surface area contributed by atoms with E-state index in [2.05, 4.69) is 17.6 Å². The van der Waals surface area contributed by atoms with E-state index < -0.39 is 0 Å². The Hall–Kier alpha value is -0.220. The number of rotatable bonds is 2. The first kappa shape index (κ1) is 10.3. The third-order valence-electron chi connectivity index (χ3n) is 3.26. The lowest BCUT2D eigenvalue weighted by Crippen LogP contribution is -2.61. The van der Waals surface area contributed by atoms with Gasteiger partial charge in [-0.25, -0.2) is 0 Å². The fraction of sp³-hybridized carbons (Fsp3) is 0.900. The number of thioether (sulfide) groups is 1. The molecule has 80 valence electrons. The Morgan fingerprint density at radius 3 is 2.64 bits per heavy atom. The molecule has 2 aliphatic rings. The van der Waals surface area contributed by atoms with Crippen molar-refractivity contribution in [1.29, 1.82) is 0 Å². The van der Waals surface area contributed by atoms with Crippen LogP contribution in [0.15, 0.2) is 0 Å². The van der Waals surface area contributed by atoms with Crippen LogP contribution in [0.3, 0.4) is 0 Å². The van der Waals surface area contributed by atoms with Gasteiger partial charge in [0, 0.05) is 24.9 Å². The molecular weight excluding hydrogens is 196 g/mol. The van der Waals surface area contributed by atoms with E-state index in [1.165, 1.54) is 5.75 Å². The molecule has 2 rings (SSSR count). The minimum atomic E-state index is -0.146. The van der Waals surface area contributed by atoms with Crippen LogP contribution in [0, 0.1) is 11.3 Å². The predicted octanol–water partition coefficient (Wildman–Crippen LogP) is 0.464. The van der Waals surface area contributed by atoms with E-state index in [-0.39, 0.29) is 11.3 Å². The summed E-state index contributed by atoms with van der Waals surface area (Å²) in [6.07, 6.45) is 0. The van der Waals surface area contributed by atoms with Crippen molar-refractivity contribution in [2.45, 2.75) is 19.9 Å². The van der Waals surface area contributed by atoms with Crippen molar-refractivity contribution in [2.75, 3.05) is 24.6 Å². The van der Waals surface area contributed by atoms with Crippen LogP contribution in [-0.4, -0.2) is 36.5 Å². The Kier molecular flexibility index (Phi) is 2.75. The zero-order valence-corrected chi connectivity index (χ0v) is 9.62. The van der Waals surface area contributed by atoms with Gasteiger partial charge in [-0.2, -0.15) is 11.8 Å². The van der Waals surface area contributed by atoms with Gasteiger partial charge in [0.25, 0.3) is 0 Å². The molecule has 2 N–H and O–H groups in total. The quantitative estimate of drug-likeness (QED) is 0.702. The second-order valence-corrected chi connectivity index (χ2v) is 5.83. The number of carbonyl (C=O) groups excluding carboxylic acids is 1. The van der Waals surface area contributed by atoms with Crippen LogP contribution in [0.2, 0.25) is 0 Å². The molecule has 2 aliphatic heterocycles. The van der Waals surface area contributed by atoms with E-state index in [9.17, 15) is 4.79 Å². The largest absolute Gasteiger partial charge is 0.352 e. The predicted molar refractivity (Wildman–Crippen MR) is 59.4 cm³/mol. The number of hydrogen-bond donors (Lipinski definition) is 2. The lowest BCUT2D eigenvalue weighted by atomic mass is 9.83. The first-order chi connectivity index (χ1) is 6.62. The Balaban J connectivity index is 1.87. The molecule has 0 saturated carbocycles. The van der Waals surface area contributed by atoms with Crippen molar-refractivity contribution in [2.24, 2.45) is 11.3 Å². The maximum absolute atomic E-state index is 11.9. The lowest BCUT2D eigenvalue weighted by Gasteiger charge is -2.38. The van der Waals surface area contributed by atoms with Crippen molar-refractivity contribution in [3.8, 4) is 0 Å². The fourth-order valence-corrected chi connectivity index (χ4v) is 3.25. The maximum Gasteiger partial charge on any atom is 0.228 e. The van der Waals surface area contributed by atoms with Gasteiger partial charge in [-0.15, -0.1) is 0 Å². The molecule has 14 heavy (non-hydrogen) atoms. The highest BCUT2D eigenvalue weighted by molar-refractivity contribution is 7.99. The monoisotopic (exact) mass is 214 g/mol. The normalized spacial score (nSPS) is 35.0. The molecule has 0 aromatic rings. The molecule has 0 aromatic carbocycles. The van der Waals surface area contributed by atoms with Gasteiger partial charge in [0.15, 0.2) is 0 Å². The summed E-state index contributed by atoms with van der Waals surface area (Å²) in [4.78, 5) is 11.9. The molecule has 0 spiro atoms. The smallest absolute Gasteiger partial charge is 0.228 e. The molecule has 2 heterocycles. The first-order valence-electron chi connectivity index (χ1n) is 5.21. The summed E-state index contributed by atoms with van der Waals surface area (Å²) < 4.78 is 0. The minimum absolute atomic E-state index is 0.146. The molecule has 3 nitrogen and oxygen atoms in total. The number of nitrogens with one attached hydrogen (secondary N) is 2. The van der Waals surface area contributed by atoms with Crippen LogP contribution in [0.25, 0.3) is 0 Å². The van der Waals surface area contributed by atoms with Gasteiger partial charge in [-0.05, 0) is 18.6 Å². The standard InChI is InChI=1S/C10H18N2OS/c1-7-3-14-4-8(7)12-9(13)10(2)5-11-6-10/h7-8,11H,3-6H2,1-2H3,(H,12,13). The Labute approximate surface area is 89.4 Å². The average Bonchev–Trinajstić information content (AvgIpc) is 2.48. The van der Waals surface area contributed by atoms with Gasteiger partial charge in [0.05, 0.1) is 5.41 Å². The fourth-order valence-electron chi connectivity index (χ4n) is 1.85. The van der Waals surface area contributed by atoms with Crippen LogP contribution in [0.1, 0.15) is 13.8 Å². The third kappa shape index (κ3) is 1.77. The second-order valence-electron chi connectivity index (χ2n) is 4.76. The molecule has 2 fully saturated rings. The molecule has 1 amide bonds. The van der Waals surface area contributed by atoms with Crippen LogP contribution in [0.5, 0.6) is 0 Å². The van der Waals surface area contributed by atoms with Crippen molar-refractivity contribution < 1.29 is 4.79 Å². The van der Waals surface area contributed by atoms with E-state index in [0.717, 1.165) is 18.8 Å². The molecule has 2 saturated heterocycles. The summed E-state index contributed by atoms with van der Waals surface area (Å²) in [7, 11) is 0. The number of amides is 1. The van der Waals surface area contributed by atoms with E-state index in [1.807, 2.05) is 18.7 Å². The number of carbonyl (C=O) groups is 1. The Morgan fingerprint density at radius 2 is 2.21 bits per heavy atom. The van der Waals surface area contributed by atoms with E-state index in [0.29, 0.717) is 12.0 Å². The SMILES string of the molecule is CC1CSCC1NC(=O)C1(C)CNC1. The summed E-state index contributed by atoms with van der Waals surface area (Å²) in [6, 6.07) is 0.393. The summed E-state index contributed by atoms with van der Waals surface area (Å²) in [5, 5.41) is 6.32. The van der Waals surface area contributed by atoms with Gasteiger partial charge < -0.3 is 10.6 Å². The number of hydrogen-bond acceptors (Lipinski definition) is 3. The first-order valence-corrected chi connectivity index (χ1v) is 6.37. The van der Waals surface area contributed by atoms with Gasteiger partial charge in [-0.3, -0.25) is 4.79 Å². The average molecular weight is 214 g/mol. The lowest BCUT2D eigenvalue weighted by molar-refractivity contribution is -0.133. The third-order valence-corrected chi connectivity index (χ3v) is 4.62. The highest BCUT2D eigenvalue weighted by Gasteiger charge is 2.41. The van der Waals surface area contributed by atoms with Crippen LogP contribution >= 0.6 is 11.8 Å². The van der Waals surface area contributed by atoms with Gasteiger partial charge in [0.1, 0.15) is 0 Å². The van der Waals surface area contributed by atoms with E-state index >= 15 is 0 Å². The molecule has 0 bridgehead atoms. The summed E-state index contributed by atoms with van der Waals surface area (Å²) in [6.45, 7) is 5.90. The minimum Gasteiger partial charge on any atom is -0.352 e. The molecule has 4 heteroatoms. The molecular formula is C10H18N2OS. The topological polar surface area (TPSA) is 41.1 Å². The second kappa shape index (κ2) is 3.74. The van der Waals surface area contributed by atoms with Gasteiger partial charge in [-0.1, -0.05) is 6.92 Å². The van der Waals surface area contributed by atoms with Crippen LogP contribution in [-0.2, 0) is 4.79 Å². The summed E-state index contributed by atoms with van der Waals surface area (Å²) in [5.41, 5.74) is -0.146. The van der Waals surface area contributed by atoms with Crippen molar-refractivity contribution in [1.82, 2.24) is 10.6 Å². The van der Waals surface area contributed by atoms with E-state index in [4.69, 9.17) is 0 Å². The molecule has 0 radical (unpaired) electrons. The Bertz CT molecular complexity index is 240. The highest BCUT2D eigenvalue weighted by atomic mass is 32.2. The maximum atomic E-state index is 11.9. The van der Waals surface area contributed by atoms with E-state index in [1.54, 1.807) is 0 Å². The molecule has 0 aliphatic carbocycles.